The van der Waals surface area contributed by atoms with Crippen molar-refractivity contribution < 1.29 is 9.90 Å². The topological polar surface area (TPSA) is 68.0 Å². The van der Waals surface area contributed by atoms with E-state index in [9.17, 15) is 0 Å². The van der Waals surface area contributed by atoms with Crippen molar-refractivity contribution in [1.82, 2.24) is 14.5 Å². The van der Waals surface area contributed by atoms with E-state index in [1.807, 2.05) is 42.9 Å². The van der Waals surface area contributed by atoms with Crippen molar-refractivity contribution in [3.63, 3.8) is 0 Å². The Hall–Kier alpha value is -2.95. The van der Waals surface area contributed by atoms with Crippen LogP contribution in [-0.2, 0) is 11.3 Å². The smallest absolute Gasteiger partial charge is 0.290 e. The normalized spacial score (nSPS) is 9.52. The molecule has 0 aliphatic carbocycles. The molecule has 106 valence electrons. The van der Waals surface area contributed by atoms with E-state index in [-0.39, 0.29) is 6.47 Å². The van der Waals surface area contributed by atoms with E-state index in [0.717, 1.165) is 17.9 Å². The molecule has 3 rings (SSSR count). The van der Waals surface area contributed by atoms with Crippen LogP contribution in [-0.4, -0.2) is 26.1 Å². The highest BCUT2D eigenvalue weighted by Gasteiger charge is 2.05. The lowest BCUT2D eigenvalue weighted by Crippen LogP contribution is -2.01. The van der Waals surface area contributed by atoms with Gasteiger partial charge in [-0.3, -0.25) is 9.78 Å². The Morgan fingerprint density at radius 1 is 1.10 bits per heavy atom. The Balaban J connectivity index is 0.000000497. The van der Waals surface area contributed by atoms with Crippen LogP contribution in [0.25, 0.3) is 11.4 Å². The number of carboxylic acid groups (broad SMARTS) is 1. The second-order valence-corrected chi connectivity index (χ2v) is 4.21. The van der Waals surface area contributed by atoms with Crippen LogP contribution in [0.4, 0.5) is 0 Å². The standard InChI is InChI=1S/C15H13N3.CH2O2/c1-2-6-14(7-3-1)15-17-9-10-18(15)12-13-5-4-8-16-11-13;2-1-3/h1-11H,12H2;1H,(H,2,3). The van der Waals surface area contributed by atoms with Crippen molar-refractivity contribution >= 4 is 6.47 Å². The summed E-state index contributed by atoms with van der Waals surface area (Å²) in [6.07, 6.45) is 7.50. The van der Waals surface area contributed by atoms with E-state index in [1.165, 1.54) is 5.56 Å². The predicted molar refractivity (Wildman–Crippen MR) is 79.7 cm³/mol. The quantitative estimate of drug-likeness (QED) is 0.749. The first-order valence-corrected chi connectivity index (χ1v) is 6.38. The number of pyridine rings is 1. The van der Waals surface area contributed by atoms with Gasteiger partial charge in [-0.05, 0) is 11.6 Å². The van der Waals surface area contributed by atoms with Crippen LogP contribution in [0.15, 0.2) is 67.3 Å². The van der Waals surface area contributed by atoms with Gasteiger partial charge in [0.25, 0.3) is 6.47 Å². The molecule has 0 aliphatic heterocycles. The van der Waals surface area contributed by atoms with Crippen LogP contribution in [0.5, 0.6) is 0 Å². The third-order valence-corrected chi connectivity index (χ3v) is 2.82. The first-order chi connectivity index (χ1) is 10.3. The first-order valence-electron chi connectivity index (χ1n) is 6.38. The number of hydrogen-bond acceptors (Lipinski definition) is 3. The Morgan fingerprint density at radius 3 is 2.52 bits per heavy atom. The van der Waals surface area contributed by atoms with Gasteiger partial charge < -0.3 is 9.67 Å². The van der Waals surface area contributed by atoms with Gasteiger partial charge >= 0.3 is 0 Å². The van der Waals surface area contributed by atoms with Crippen molar-refractivity contribution in [2.24, 2.45) is 0 Å². The van der Waals surface area contributed by atoms with Gasteiger partial charge in [0.1, 0.15) is 5.82 Å². The first kappa shape index (κ1) is 14.5. The summed E-state index contributed by atoms with van der Waals surface area (Å²) in [6.45, 7) is 0.540. The molecular weight excluding hydrogens is 266 g/mol. The van der Waals surface area contributed by atoms with Crippen LogP contribution in [0, 0.1) is 0 Å². The van der Waals surface area contributed by atoms with Crippen molar-refractivity contribution in [3.8, 4) is 11.4 Å². The summed E-state index contributed by atoms with van der Waals surface area (Å²) in [5.41, 5.74) is 2.30. The molecule has 2 aromatic heterocycles. The molecule has 0 spiro atoms. The zero-order chi connectivity index (χ0) is 14.9. The van der Waals surface area contributed by atoms with Gasteiger partial charge in [0, 0.05) is 30.4 Å². The molecule has 0 saturated carbocycles. The molecule has 2 heterocycles. The molecule has 5 nitrogen and oxygen atoms in total. The number of aromatic nitrogens is 3. The highest BCUT2D eigenvalue weighted by Crippen LogP contribution is 2.17. The number of rotatable bonds is 3. The predicted octanol–water partition coefficient (Wildman–Crippen LogP) is 2.69. The molecule has 0 aliphatic rings. The number of carbonyl (C=O) groups is 1. The van der Waals surface area contributed by atoms with Crippen molar-refractivity contribution in [2.45, 2.75) is 6.54 Å². The lowest BCUT2D eigenvalue weighted by Gasteiger charge is -2.07. The van der Waals surface area contributed by atoms with Gasteiger partial charge in [-0.15, -0.1) is 0 Å². The molecule has 0 radical (unpaired) electrons. The van der Waals surface area contributed by atoms with E-state index in [1.54, 1.807) is 6.20 Å². The van der Waals surface area contributed by atoms with Gasteiger partial charge in [-0.2, -0.15) is 0 Å². The van der Waals surface area contributed by atoms with Gasteiger partial charge in [-0.1, -0.05) is 36.4 Å². The molecule has 0 atom stereocenters. The molecule has 5 heteroatoms. The third-order valence-electron chi connectivity index (χ3n) is 2.82. The third kappa shape index (κ3) is 4.01. The molecule has 21 heavy (non-hydrogen) atoms. The summed E-state index contributed by atoms with van der Waals surface area (Å²) in [6, 6.07) is 14.2. The summed E-state index contributed by atoms with van der Waals surface area (Å²) in [5.74, 6) is 0.986. The maximum absolute atomic E-state index is 8.36. The maximum Gasteiger partial charge on any atom is 0.290 e. The average molecular weight is 281 g/mol. The SMILES string of the molecule is O=CO.c1ccc(-c2nccn2Cc2cccnc2)cc1. The van der Waals surface area contributed by atoms with E-state index in [2.05, 4.69) is 32.7 Å². The van der Waals surface area contributed by atoms with Gasteiger partial charge in [0.2, 0.25) is 0 Å². The Bertz CT molecular complexity index is 666. The molecule has 0 unspecified atom stereocenters. The highest BCUT2D eigenvalue weighted by atomic mass is 16.3. The van der Waals surface area contributed by atoms with Gasteiger partial charge in [0.05, 0.1) is 6.54 Å². The summed E-state index contributed by atoms with van der Waals surface area (Å²) in [7, 11) is 0. The van der Waals surface area contributed by atoms with Crippen LogP contribution >= 0.6 is 0 Å². The Kier molecular flexibility index (Phi) is 5.23. The summed E-state index contributed by atoms with van der Waals surface area (Å²) in [4.78, 5) is 16.9. The van der Waals surface area contributed by atoms with E-state index < -0.39 is 0 Å². The summed E-state index contributed by atoms with van der Waals surface area (Å²) >= 11 is 0. The van der Waals surface area contributed by atoms with Gasteiger partial charge in [-0.25, -0.2) is 4.98 Å². The molecule has 3 aromatic rings. The summed E-state index contributed by atoms with van der Waals surface area (Å²) < 4.78 is 2.13. The monoisotopic (exact) mass is 281 g/mol. The van der Waals surface area contributed by atoms with Crippen molar-refractivity contribution in [1.29, 1.82) is 0 Å². The number of imidazole rings is 1. The largest absolute Gasteiger partial charge is 0.483 e. The Morgan fingerprint density at radius 2 is 1.86 bits per heavy atom. The van der Waals surface area contributed by atoms with Crippen LogP contribution < -0.4 is 0 Å². The van der Waals surface area contributed by atoms with Crippen LogP contribution in [0.2, 0.25) is 0 Å². The van der Waals surface area contributed by atoms with Crippen molar-refractivity contribution in [3.05, 3.63) is 72.8 Å². The second kappa shape index (κ2) is 7.59. The molecule has 1 N–H and O–H groups in total. The van der Waals surface area contributed by atoms with Crippen LogP contribution in [0.3, 0.4) is 0 Å². The van der Waals surface area contributed by atoms with E-state index in [0.29, 0.717) is 0 Å². The average Bonchev–Trinajstić information content (AvgIpc) is 2.98. The summed E-state index contributed by atoms with van der Waals surface area (Å²) in [5, 5.41) is 6.89. The van der Waals surface area contributed by atoms with Crippen LogP contribution in [0.1, 0.15) is 5.56 Å². The lowest BCUT2D eigenvalue weighted by molar-refractivity contribution is -0.122. The fourth-order valence-electron chi connectivity index (χ4n) is 1.97. The fourth-order valence-corrected chi connectivity index (χ4v) is 1.97. The maximum atomic E-state index is 8.36. The lowest BCUT2D eigenvalue weighted by atomic mass is 10.2. The van der Waals surface area contributed by atoms with E-state index >= 15 is 0 Å². The Labute approximate surface area is 122 Å². The zero-order valence-corrected chi connectivity index (χ0v) is 11.3. The minimum atomic E-state index is -0.250. The van der Waals surface area contributed by atoms with E-state index in [4.69, 9.17) is 9.90 Å². The number of hydrogen-bond donors (Lipinski definition) is 1. The molecule has 0 amide bonds. The minimum absolute atomic E-state index is 0.250. The van der Waals surface area contributed by atoms with Crippen molar-refractivity contribution in [2.75, 3.05) is 0 Å². The molecule has 0 saturated heterocycles. The number of nitrogens with zero attached hydrogens (tertiary/aromatic N) is 3. The van der Waals surface area contributed by atoms with Gasteiger partial charge in [0.15, 0.2) is 0 Å². The fraction of sp³-hybridized carbons (Fsp3) is 0.0625. The number of benzene rings is 1. The molecule has 0 bridgehead atoms. The minimum Gasteiger partial charge on any atom is -0.483 e. The second-order valence-electron chi connectivity index (χ2n) is 4.21. The molecule has 0 fully saturated rings. The molecular formula is C16H15N3O2. The zero-order valence-electron chi connectivity index (χ0n) is 11.3. The molecule has 1 aromatic carbocycles. The highest BCUT2D eigenvalue weighted by molar-refractivity contribution is 5.55.